The van der Waals surface area contributed by atoms with Gasteiger partial charge >= 0.3 is 6.61 Å². The molecule has 1 aliphatic heterocycles. The Bertz CT molecular complexity index is 563. The largest absolute Gasteiger partial charge is 0.435 e. The van der Waals surface area contributed by atoms with Crippen molar-refractivity contribution in [1.29, 1.82) is 0 Å². The molecule has 1 aromatic rings. The molecule has 0 unspecified atom stereocenters. The molecule has 1 aliphatic rings. The van der Waals surface area contributed by atoms with Crippen molar-refractivity contribution in [2.24, 2.45) is 5.10 Å². The van der Waals surface area contributed by atoms with Crippen LogP contribution in [0.4, 0.5) is 8.78 Å². The molecule has 2 rings (SSSR count). The molecule has 1 heterocycles. The minimum absolute atomic E-state index is 0.0890. The number of nitrogens with one attached hydrogen (secondary N) is 2. The summed E-state index contributed by atoms with van der Waals surface area (Å²) in [5.74, 6) is 0.0890. The molecule has 0 spiro atoms. The lowest BCUT2D eigenvalue weighted by Crippen LogP contribution is -2.37. The third-order valence-corrected chi connectivity index (χ3v) is 3.55. The number of hydrogen-bond donors (Lipinski definition) is 2. The number of rotatable bonds is 6. The van der Waals surface area contributed by atoms with Crippen LogP contribution in [0, 0.1) is 0 Å². The average Bonchev–Trinajstić information content (AvgIpc) is 3.03. The highest BCUT2D eigenvalue weighted by atomic mass is 32.1. The maximum Gasteiger partial charge on any atom is 0.387 e. The first-order valence-electron chi connectivity index (χ1n) is 7.29. The van der Waals surface area contributed by atoms with Gasteiger partial charge in [-0.2, -0.15) is 13.9 Å². The summed E-state index contributed by atoms with van der Waals surface area (Å²) in [5, 5.41) is 7.56. The zero-order valence-corrected chi connectivity index (χ0v) is 13.5. The number of thiocarbonyl (C=S) groups is 1. The molecule has 0 aromatic heterocycles. The summed E-state index contributed by atoms with van der Waals surface area (Å²) in [4.78, 5) is 0. The van der Waals surface area contributed by atoms with E-state index >= 15 is 0 Å². The van der Waals surface area contributed by atoms with Crippen molar-refractivity contribution in [2.75, 3.05) is 13.2 Å². The van der Waals surface area contributed by atoms with Gasteiger partial charge in [-0.1, -0.05) is 12.1 Å². The minimum Gasteiger partial charge on any atom is -0.435 e. The molecule has 23 heavy (non-hydrogen) atoms. The second kappa shape index (κ2) is 8.73. The van der Waals surface area contributed by atoms with Crippen LogP contribution in [0.25, 0.3) is 0 Å². The van der Waals surface area contributed by atoms with Gasteiger partial charge in [-0.25, -0.2) is 0 Å². The van der Waals surface area contributed by atoms with E-state index in [1.807, 2.05) is 0 Å². The molecule has 0 bridgehead atoms. The van der Waals surface area contributed by atoms with Crippen LogP contribution in [-0.2, 0) is 4.74 Å². The maximum absolute atomic E-state index is 12.2. The van der Waals surface area contributed by atoms with Crippen LogP contribution in [0.15, 0.2) is 29.4 Å². The van der Waals surface area contributed by atoms with Gasteiger partial charge in [0.25, 0.3) is 0 Å². The molecule has 2 N–H and O–H groups in total. The van der Waals surface area contributed by atoms with Crippen LogP contribution in [0.5, 0.6) is 5.75 Å². The molecule has 1 saturated heterocycles. The van der Waals surface area contributed by atoms with Gasteiger partial charge in [0.2, 0.25) is 0 Å². The number of halogens is 2. The number of hydrogen-bond acceptors (Lipinski definition) is 4. The Morgan fingerprint density at radius 1 is 1.52 bits per heavy atom. The first kappa shape index (κ1) is 17.6. The van der Waals surface area contributed by atoms with Crippen molar-refractivity contribution in [3.63, 3.8) is 0 Å². The van der Waals surface area contributed by atoms with Gasteiger partial charge in [0.15, 0.2) is 5.11 Å². The molecule has 0 amide bonds. The first-order chi connectivity index (χ1) is 11.0. The summed E-state index contributed by atoms with van der Waals surface area (Å²) in [6.45, 7) is 0.325. The van der Waals surface area contributed by atoms with E-state index in [9.17, 15) is 8.78 Å². The minimum atomic E-state index is -2.85. The predicted molar refractivity (Wildman–Crippen MR) is 88.0 cm³/mol. The van der Waals surface area contributed by atoms with E-state index in [1.165, 1.54) is 12.1 Å². The van der Waals surface area contributed by atoms with Gasteiger partial charge in [0, 0.05) is 18.7 Å². The van der Waals surface area contributed by atoms with E-state index in [0.29, 0.717) is 22.9 Å². The highest BCUT2D eigenvalue weighted by molar-refractivity contribution is 7.80. The Balaban J connectivity index is 1.84. The summed E-state index contributed by atoms with van der Waals surface area (Å²) in [7, 11) is 0. The highest BCUT2D eigenvalue weighted by Crippen LogP contribution is 2.16. The fraction of sp³-hybridized carbons (Fsp3) is 0.467. The molecule has 0 radical (unpaired) electrons. The Hall–Kier alpha value is -1.80. The highest BCUT2D eigenvalue weighted by Gasteiger charge is 2.15. The molecule has 1 aromatic carbocycles. The molecular weight excluding hydrogens is 324 g/mol. The zero-order chi connectivity index (χ0) is 16.7. The zero-order valence-electron chi connectivity index (χ0n) is 12.7. The molecular formula is C15H19F2N3O2S. The van der Waals surface area contributed by atoms with Gasteiger partial charge in [0.1, 0.15) is 5.75 Å². The van der Waals surface area contributed by atoms with E-state index in [1.54, 1.807) is 19.1 Å². The summed E-state index contributed by atoms with van der Waals surface area (Å²) in [6.07, 6.45) is 2.28. The van der Waals surface area contributed by atoms with Crippen molar-refractivity contribution in [3.05, 3.63) is 29.8 Å². The van der Waals surface area contributed by atoms with E-state index < -0.39 is 6.61 Å². The molecule has 5 nitrogen and oxygen atoms in total. The smallest absolute Gasteiger partial charge is 0.387 e. The van der Waals surface area contributed by atoms with Gasteiger partial charge in [-0.3, -0.25) is 5.43 Å². The van der Waals surface area contributed by atoms with Crippen molar-refractivity contribution >= 4 is 23.0 Å². The molecule has 1 fully saturated rings. The summed E-state index contributed by atoms with van der Waals surface area (Å²) >= 11 is 5.13. The Morgan fingerprint density at radius 3 is 3.04 bits per heavy atom. The summed E-state index contributed by atoms with van der Waals surface area (Å²) in [5.41, 5.74) is 4.00. The fourth-order valence-corrected chi connectivity index (χ4v) is 2.28. The molecule has 126 valence electrons. The van der Waals surface area contributed by atoms with E-state index in [2.05, 4.69) is 20.6 Å². The summed E-state index contributed by atoms with van der Waals surface area (Å²) in [6, 6.07) is 6.33. The topological polar surface area (TPSA) is 54.9 Å². The third-order valence-electron chi connectivity index (χ3n) is 3.32. The van der Waals surface area contributed by atoms with Crippen LogP contribution < -0.4 is 15.5 Å². The number of benzene rings is 1. The van der Waals surface area contributed by atoms with E-state index in [4.69, 9.17) is 17.0 Å². The van der Waals surface area contributed by atoms with Crippen LogP contribution in [-0.4, -0.2) is 36.7 Å². The van der Waals surface area contributed by atoms with Gasteiger partial charge in [0.05, 0.1) is 11.8 Å². The van der Waals surface area contributed by atoms with Crippen molar-refractivity contribution < 1.29 is 18.3 Å². The second-order valence-corrected chi connectivity index (χ2v) is 5.47. The second-order valence-electron chi connectivity index (χ2n) is 5.06. The lowest BCUT2D eigenvalue weighted by Gasteiger charge is -2.12. The Kier molecular flexibility index (Phi) is 6.66. The number of nitrogens with zero attached hydrogens (tertiary/aromatic N) is 1. The monoisotopic (exact) mass is 343 g/mol. The quantitative estimate of drug-likeness (QED) is 0.472. The average molecular weight is 343 g/mol. The van der Waals surface area contributed by atoms with Crippen molar-refractivity contribution in [1.82, 2.24) is 10.7 Å². The summed E-state index contributed by atoms with van der Waals surface area (Å²) < 4.78 is 34.3. The molecule has 0 saturated carbocycles. The van der Waals surface area contributed by atoms with Crippen molar-refractivity contribution in [2.45, 2.75) is 32.5 Å². The first-order valence-corrected chi connectivity index (χ1v) is 7.70. The van der Waals surface area contributed by atoms with Crippen LogP contribution >= 0.6 is 12.2 Å². The van der Waals surface area contributed by atoms with Gasteiger partial charge in [-0.05, 0) is 44.1 Å². The Morgan fingerprint density at radius 2 is 2.35 bits per heavy atom. The number of hydrazone groups is 1. The standard InChI is InChI=1S/C15H19F2N3O2S/c1-10(11-4-2-5-12(8-11)22-14(16)17)19-20-15(23)18-9-13-6-3-7-21-13/h2,4-5,8,13-14H,3,6-7,9H2,1H3,(H2,18,20,23)/b19-10-/t13-/m1/s1. The Labute approximate surface area is 139 Å². The molecule has 8 heteroatoms. The lowest BCUT2D eigenvalue weighted by molar-refractivity contribution is -0.0498. The maximum atomic E-state index is 12.2. The van der Waals surface area contributed by atoms with Crippen LogP contribution in [0.3, 0.4) is 0 Å². The normalized spacial score (nSPS) is 18.1. The van der Waals surface area contributed by atoms with Crippen LogP contribution in [0.2, 0.25) is 0 Å². The third kappa shape index (κ3) is 6.07. The number of alkyl halides is 2. The fourth-order valence-electron chi connectivity index (χ4n) is 2.15. The van der Waals surface area contributed by atoms with Crippen molar-refractivity contribution in [3.8, 4) is 5.75 Å². The number of ether oxygens (including phenoxy) is 2. The van der Waals surface area contributed by atoms with Gasteiger partial charge in [-0.15, -0.1) is 0 Å². The van der Waals surface area contributed by atoms with E-state index in [-0.39, 0.29) is 11.9 Å². The molecule has 1 atom stereocenters. The van der Waals surface area contributed by atoms with Gasteiger partial charge < -0.3 is 14.8 Å². The SMILES string of the molecule is C/C(=N/NC(=S)NC[C@H]1CCCO1)c1cccc(OC(F)F)c1. The van der Waals surface area contributed by atoms with Crippen LogP contribution in [0.1, 0.15) is 25.3 Å². The van der Waals surface area contributed by atoms with E-state index in [0.717, 1.165) is 19.4 Å². The lowest BCUT2D eigenvalue weighted by atomic mass is 10.1. The predicted octanol–water partition coefficient (Wildman–Crippen LogP) is 2.66. The molecule has 0 aliphatic carbocycles.